The van der Waals surface area contributed by atoms with E-state index in [9.17, 15) is 13.6 Å². The number of benzene rings is 2. The summed E-state index contributed by atoms with van der Waals surface area (Å²) in [6.07, 6.45) is 1.49. The number of carbonyl (C=O) groups is 1. The summed E-state index contributed by atoms with van der Waals surface area (Å²) in [5.74, 6) is -1.62. The number of nitrogens with zero attached hydrogens (tertiary/aromatic N) is 1. The summed E-state index contributed by atoms with van der Waals surface area (Å²) in [7, 11) is -1.96. The molecule has 3 aromatic rings. The van der Waals surface area contributed by atoms with Crippen molar-refractivity contribution >= 4 is 24.3 Å². The first kappa shape index (κ1) is 17.7. The maximum absolute atomic E-state index is 13.8. The molecule has 0 spiro atoms. The van der Waals surface area contributed by atoms with Gasteiger partial charge >= 0.3 is 7.12 Å². The molecule has 3 rings (SSSR count). The Balaban J connectivity index is 1.80. The highest BCUT2D eigenvalue weighted by atomic mass is 19.1. The van der Waals surface area contributed by atoms with Crippen LogP contribution in [-0.2, 0) is 0 Å². The van der Waals surface area contributed by atoms with Gasteiger partial charge < -0.3 is 15.4 Å². The van der Waals surface area contributed by atoms with Crippen LogP contribution in [0.2, 0.25) is 0 Å². The molecule has 0 aliphatic heterocycles. The Morgan fingerprint density at radius 1 is 0.962 bits per heavy atom. The molecule has 130 valence electrons. The van der Waals surface area contributed by atoms with E-state index in [0.717, 1.165) is 23.3 Å². The molecule has 26 heavy (non-hydrogen) atoms. The maximum Gasteiger partial charge on any atom is 0.491 e. The number of anilines is 1. The van der Waals surface area contributed by atoms with Crippen molar-refractivity contribution in [1.82, 2.24) is 4.98 Å². The number of carbonyl (C=O) groups excluding carboxylic acids is 1. The predicted molar refractivity (Wildman–Crippen MR) is 93.8 cm³/mol. The van der Waals surface area contributed by atoms with E-state index >= 15 is 0 Å². The Labute approximate surface area is 148 Å². The van der Waals surface area contributed by atoms with E-state index in [0.29, 0.717) is 0 Å². The monoisotopic (exact) mass is 354 g/mol. The fraction of sp³-hybridized carbons (Fsp3) is 0. The second-order valence-corrected chi connectivity index (χ2v) is 5.50. The molecule has 1 amide bonds. The Kier molecular flexibility index (Phi) is 5.06. The first-order chi connectivity index (χ1) is 12.4. The summed E-state index contributed by atoms with van der Waals surface area (Å²) < 4.78 is 26.8. The molecule has 0 radical (unpaired) electrons. The average Bonchev–Trinajstić information content (AvgIpc) is 2.62. The van der Waals surface area contributed by atoms with Crippen molar-refractivity contribution < 1.29 is 23.6 Å². The van der Waals surface area contributed by atoms with Crippen LogP contribution in [0.3, 0.4) is 0 Å². The largest absolute Gasteiger partial charge is 0.491 e. The molecule has 0 saturated carbocycles. The maximum atomic E-state index is 13.8. The molecule has 0 fully saturated rings. The van der Waals surface area contributed by atoms with Gasteiger partial charge in [-0.25, -0.2) is 13.8 Å². The molecule has 3 N–H and O–H groups in total. The minimum Gasteiger partial charge on any atom is -0.423 e. The van der Waals surface area contributed by atoms with Crippen LogP contribution in [0.1, 0.15) is 10.4 Å². The van der Waals surface area contributed by atoms with E-state index < -0.39 is 18.8 Å². The van der Waals surface area contributed by atoms with Crippen LogP contribution in [-0.4, -0.2) is 28.1 Å². The molecular formula is C18H13BF2N2O3. The van der Waals surface area contributed by atoms with Crippen LogP contribution in [0.5, 0.6) is 0 Å². The molecule has 0 atom stereocenters. The molecule has 0 aliphatic carbocycles. The van der Waals surface area contributed by atoms with Crippen LogP contribution in [0.15, 0.2) is 60.8 Å². The Bertz CT molecular complexity index is 949. The van der Waals surface area contributed by atoms with Crippen LogP contribution in [0.4, 0.5) is 14.6 Å². The number of amides is 1. The van der Waals surface area contributed by atoms with Gasteiger partial charge in [0, 0.05) is 17.2 Å². The fourth-order valence-corrected chi connectivity index (χ4v) is 2.39. The number of rotatable bonds is 4. The minimum absolute atomic E-state index is 0.000820. The van der Waals surface area contributed by atoms with Gasteiger partial charge in [-0.2, -0.15) is 0 Å². The van der Waals surface area contributed by atoms with E-state index in [2.05, 4.69) is 10.3 Å². The molecule has 8 heteroatoms. The number of hydrogen-bond donors (Lipinski definition) is 3. The van der Waals surface area contributed by atoms with E-state index in [1.807, 2.05) is 0 Å². The normalized spacial score (nSPS) is 10.5. The first-order valence-electron chi connectivity index (χ1n) is 7.63. The zero-order chi connectivity index (χ0) is 18.7. The summed E-state index contributed by atoms with van der Waals surface area (Å²) >= 11 is 0. The average molecular weight is 354 g/mol. The van der Waals surface area contributed by atoms with Gasteiger partial charge in [0.05, 0.1) is 0 Å². The van der Waals surface area contributed by atoms with E-state index in [1.165, 1.54) is 24.4 Å². The standard InChI is InChI=1S/C18H13BF2N2O3/c20-14-4-1-11(2-5-14)12-7-8-22-17(10-12)23-18(24)13-3-6-15(19(25)26)16(21)9-13/h1-10,25-26H,(H,22,23,24). The molecule has 2 aromatic carbocycles. The van der Waals surface area contributed by atoms with Gasteiger partial charge in [-0.15, -0.1) is 0 Å². The first-order valence-corrected chi connectivity index (χ1v) is 7.63. The number of halogens is 2. The van der Waals surface area contributed by atoms with Crippen LogP contribution in [0, 0.1) is 11.6 Å². The van der Waals surface area contributed by atoms with E-state index in [-0.39, 0.29) is 22.7 Å². The Morgan fingerprint density at radius 3 is 2.35 bits per heavy atom. The lowest BCUT2D eigenvalue weighted by molar-refractivity contribution is 0.102. The van der Waals surface area contributed by atoms with Gasteiger partial charge in [-0.1, -0.05) is 18.2 Å². The van der Waals surface area contributed by atoms with Crippen LogP contribution >= 0.6 is 0 Å². The van der Waals surface area contributed by atoms with Gasteiger partial charge in [0.2, 0.25) is 0 Å². The summed E-state index contributed by atoms with van der Waals surface area (Å²) in [4.78, 5) is 16.3. The zero-order valence-electron chi connectivity index (χ0n) is 13.4. The lowest BCUT2D eigenvalue weighted by atomic mass is 9.79. The summed E-state index contributed by atoms with van der Waals surface area (Å²) in [5, 5.41) is 20.6. The molecule has 0 aliphatic rings. The summed E-state index contributed by atoms with van der Waals surface area (Å²) in [6.45, 7) is 0. The van der Waals surface area contributed by atoms with Crippen LogP contribution < -0.4 is 10.8 Å². The molecule has 0 saturated heterocycles. The highest BCUT2D eigenvalue weighted by molar-refractivity contribution is 6.58. The third-order valence-corrected chi connectivity index (χ3v) is 3.72. The second kappa shape index (κ2) is 7.43. The van der Waals surface area contributed by atoms with Gasteiger partial charge in [-0.3, -0.25) is 4.79 Å². The molecule has 1 heterocycles. The van der Waals surface area contributed by atoms with Crippen molar-refractivity contribution in [3.05, 3.63) is 78.0 Å². The third kappa shape index (κ3) is 3.93. The van der Waals surface area contributed by atoms with E-state index in [4.69, 9.17) is 10.0 Å². The second-order valence-electron chi connectivity index (χ2n) is 5.50. The van der Waals surface area contributed by atoms with Crippen molar-refractivity contribution in [2.75, 3.05) is 5.32 Å². The highest BCUT2D eigenvalue weighted by Gasteiger charge is 2.18. The lowest BCUT2D eigenvalue weighted by Gasteiger charge is -2.08. The van der Waals surface area contributed by atoms with Gasteiger partial charge in [0.25, 0.3) is 5.91 Å². The quantitative estimate of drug-likeness (QED) is 0.626. The van der Waals surface area contributed by atoms with E-state index in [1.54, 1.807) is 24.3 Å². The number of hydrogen-bond acceptors (Lipinski definition) is 4. The van der Waals surface area contributed by atoms with Crippen molar-refractivity contribution in [3.8, 4) is 11.1 Å². The van der Waals surface area contributed by atoms with Crippen molar-refractivity contribution in [1.29, 1.82) is 0 Å². The number of nitrogens with one attached hydrogen (secondary N) is 1. The number of aromatic nitrogens is 1. The van der Waals surface area contributed by atoms with Gasteiger partial charge in [-0.05, 0) is 47.5 Å². The molecule has 0 bridgehead atoms. The SMILES string of the molecule is O=C(Nc1cc(-c2ccc(F)cc2)ccn1)c1ccc(B(O)O)c(F)c1. The van der Waals surface area contributed by atoms with Crippen molar-refractivity contribution in [2.24, 2.45) is 0 Å². The summed E-state index contributed by atoms with van der Waals surface area (Å²) in [6, 6.07) is 12.5. The highest BCUT2D eigenvalue weighted by Crippen LogP contribution is 2.21. The molecule has 0 unspecified atom stereocenters. The smallest absolute Gasteiger partial charge is 0.423 e. The summed E-state index contributed by atoms with van der Waals surface area (Å²) in [5.41, 5.74) is 1.15. The van der Waals surface area contributed by atoms with Gasteiger partial charge in [0.1, 0.15) is 17.5 Å². The van der Waals surface area contributed by atoms with Crippen molar-refractivity contribution in [3.63, 3.8) is 0 Å². The lowest BCUT2D eigenvalue weighted by Crippen LogP contribution is -2.33. The molecular weight excluding hydrogens is 341 g/mol. The zero-order valence-corrected chi connectivity index (χ0v) is 13.4. The topological polar surface area (TPSA) is 82.5 Å². The Hall–Kier alpha value is -3.10. The third-order valence-electron chi connectivity index (χ3n) is 3.72. The van der Waals surface area contributed by atoms with Crippen LogP contribution in [0.25, 0.3) is 11.1 Å². The molecule has 5 nitrogen and oxygen atoms in total. The molecule has 1 aromatic heterocycles. The number of pyridine rings is 1. The Morgan fingerprint density at radius 2 is 1.69 bits per heavy atom. The fourth-order valence-electron chi connectivity index (χ4n) is 2.39. The minimum atomic E-state index is -1.96. The predicted octanol–water partition coefficient (Wildman–Crippen LogP) is 1.96. The van der Waals surface area contributed by atoms with Gasteiger partial charge in [0.15, 0.2) is 0 Å². The van der Waals surface area contributed by atoms with Crippen molar-refractivity contribution in [2.45, 2.75) is 0 Å².